The highest BCUT2D eigenvalue weighted by Crippen LogP contribution is 2.22. The minimum atomic E-state index is -0.445. The molecule has 0 aromatic carbocycles. The smallest absolute Gasteiger partial charge is 0.312 e. The maximum absolute atomic E-state index is 10.9. The number of nitrogens with one attached hydrogen (secondary N) is 2. The lowest BCUT2D eigenvalue weighted by atomic mass is 9.91. The van der Waals surface area contributed by atoms with Crippen LogP contribution in [0, 0.1) is 0 Å². The van der Waals surface area contributed by atoms with Gasteiger partial charge in [0.2, 0.25) is 5.95 Å². The van der Waals surface area contributed by atoms with Gasteiger partial charge in [-0.05, 0) is 32.1 Å². The highest BCUT2D eigenvalue weighted by molar-refractivity contribution is 5.74. The van der Waals surface area contributed by atoms with E-state index >= 15 is 0 Å². The van der Waals surface area contributed by atoms with E-state index in [2.05, 4.69) is 32.6 Å². The Hall–Kier alpha value is -2.38. The number of hydrogen-bond donors (Lipinski definition) is 3. The van der Waals surface area contributed by atoms with Crippen molar-refractivity contribution in [2.24, 2.45) is 5.73 Å². The Morgan fingerprint density at radius 2 is 2.04 bits per heavy atom. The third-order valence-corrected chi connectivity index (χ3v) is 4.22. The molecule has 8 heteroatoms. The van der Waals surface area contributed by atoms with Crippen LogP contribution in [0.5, 0.6) is 0 Å². The summed E-state index contributed by atoms with van der Waals surface area (Å²) < 4.78 is 1.91. The second-order valence-corrected chi connectivity index (χ2v) is 6.04. The van der Waals surface area contributed by atoms with Gasteiger partial charge in [0, 0.05) is 24.8 Å². The summed E-state index contributed by atoms with van der Waals surface area (Å²) in [4.78, 5) is 19.9. The molecule has 3 rings (SSSR count). The first kappa shape index (κ1) is 15.5. The van der Waals surface area contributed by atoms with Gasteiger partial charge in [0.15, 0.2) is 5.65 Å². The lowest BCUT2D eigenvalue weighted by Gasteiger charge is -2.29. The topological polar surface area (TPSA) is 111 Å². The third kappa shape index (κ3) is 3.69. The Bertz CT molecular complexity index is 676. The van der Waals surface area contributed by atoms with E-state index in [1.54, 1.807) is 6.20 Å². The molecule has 2 heterocycles. The van der Waals surface area contributed by atoms with Crippen molar-refractivity contribution in [1.29, 1.82) is 0 Å². The number of fused-ring (bicyclic) bond motifs is 1. The molecule has 1 saturated carbocycles. The van der Waals surface area contributed by atoms with Crippen LogP contribution in [0.4, 0.5) is 10.7 Å². The second-order valence-electron chi connectivity index (χ2n) is 6.04. The summed E-state index contributed by atoms with van der Waals surface area (Å²) in [5, 5.41) is 11.5. The van der Waals surface area contributed by atoms with Gasteiger partial charge < -0.3 is 16.4 Å². The van der Waals surface area contributed by atoms with Crippen LogP contribution in [0.15, 0.2) is 12.4 Å². The molecule has 1 fully saturated rings. The Morgan fingerprint density at radius 1 is 1.30 bits per heavy atom. The van der Waals surface area contributed by atoms with Gasteiger partial charge >= 0.3 is 6.03 Å². The van der Waals surface area contributed by atoms with Gasteiger partial charge in [-0.15, -0.1) is 0 Å². The Morgan fingerprint density at radius 3 is 2.74 bits per heavy atom. The second kappa shape index (κ2) is 6.80. The first-order chi connectivity index (χ1) is 11.2. The number of urea groups is 1. The molecule has 0 saturated heterocycles. The standard InChI is InChI=1S/C15H23N7O/c1-2-7-22-13-10(9-18-22)8-17-15(21-13)20-12-5-3-11(4-6-12)19-14(16)23/h8-9,11-12H,2-7H2,1H3,(H3,16,19,23)(H,17,20,21). The quantitative estimate of drug-likeness (QED) is 0.776. The van der Waals surface area contributed by atoms with Gasteiger partial charge in [0.1, 0.15) is 0 Å². The zero-order chi connectivity index (χ0) is 16.2. The van der Waals surface area contributed by atoms with Crippen LogP contribution in [-0.4, -0.2) is 37.9 Å². The number of nitrogens with zero attached hydrogens (tertiary/aromatic N) is 4. The van der Waals surface area contributed by atoms with Crippen molar-refractivity contribution in [2.45, 2.75) is 57.7 Å². The predicted molar refractivity (Wildman–Crippen MR) is 88.0 cm³/mol. The maximum Gasteiger partial charge on any atom is 0.312 e. The number of aromatic nitrogens is 4. The van der Waals surface area contributed by atoms with Crippen molar-refractivity contribution in [2.75, 3.05) is 5.32 Å². The molecule has 4 N–H and O–H groups in total. The van der Waals surface area contributed by atoms with Crippen LogP contribution in [0.3, 0.4) is 0 Å². The van der Waals surface area contributed by atoms with Crippen molar-refractivity contribution in [3.63, 3.8) is 0 Å². The van der Waals surface area contributed by atoms with E-state index in [9.17, 15) is 4.79 Å². The fraction of sp³-hybridized carbons (Fsp3) is 0.600. The molecular formula is C15H23N7O. The van der Waals surface area contributed by atoms with E-state index < -0.39 is 6.03 Å². The predicted octanol–water partition coefficient (Wildman–Crippen LogP) is 1.63. The summed E-state index contributed by atoms with van der Waals surface area (Å²) in [6.45, 7) is 2.97. The van der Waals surface area contributed by atoms with Crippen LogP contribution in [-0.2, 0) is 6.54 Å². The lowest BCUT2D eigenvalue weighted by molar-refractivity contribution is 0.240. The van der Waals surface area contributed by atoms with Crippen LogP contribution in [0.25, 0.3) is 11.0 Å². The van der Waals surface area contributed by atoms with Gasteiger partial charge in [-0.25, -0.2) is 14.5 Å². The van der Waals surface area contributed by atoms with E-state index in [1.165, 1.54) is 0 Å². The molecule has 0 unspecified atom stereocenters. The zero-order valence-electron chi connectivity index (χ0n) is 13.3. The number of nitrogens with two attached hydrogens (primary N) is 1. The molecule has 2 amide bonds. The zero-order valence-corrected chi connectivity index (χ0v) is 13.3. The molecule has 2 aromatic rings. The van der Waals surface area contributed by atoms with E-state index in [0.29, 0.717) is 12.0 Å². The maximum atomic E-state index is 10.9. The lowest BCUT2D eigenvalue weighted by Crippen LogP contribution is -2.42. The fourth-order valence-electron chi connectivity index (χ4n) is 3.08. The molecule has 0 spiro atoms. The third-order valence-electron chi connectivity index (χ3n) is 4.22. The van der Waals surface area contributed by atoms with Crippen LogP contribution < -0.4 is 16.4 Å². The largest absolute Gasteiger partial charge is 0.352 e. The minimum Gasteiger partial charge on any atom is -0.352 e. The molecule has 0 aliphatic heterocycles. The monoisotopic (exact) mass is 317 g/mol. The van der Waals surface area contributed by atoms with Gasteiger partial charge in [-0.2, -0.15) is 10.1 Å². The average molecular weight is 317 g/mol. The Balaban J connectivity index is 1.63. The number of carbonyl (C=O) groups is 1. The average Bonchev–Trinajstić information content (AvgIpc) is 2.92. The van der Waals surface area contributed by atoms with Crippen molar-refractivity contribution < 1.29 is 4.79 Å². The van der Waals surface area contributed by atoms with Crippen LogP contribution >= 0.6 is 0 Å². The van der Waals surface area contributed by atoms with Crippen molar-refractivity contribution >= 4 is 23.0 Å². The number of primary amides is 1. The molecule has 1 aliphatic rings. The molecule has 0 radical (unpaired) electrons. The van der Waals surface area contributed by atoms with Crippen molar-refractivity contribution in [1.82, 2.24) is 25.1 Å². The summed E-state index contributed by atoms with van der Waals surface area (Å²) in [5.41, 5.74) is 6.04. The highest BCUT2D eigenvalue weighted by atomic mass is 16.2. The SMILES string of the molecule is CCCn1ncc2cnc(NC3CCC(NC(N)=O)CC3)nc21. The number of rotatable bonds is 5. The molecule has 23 heavy (non-hydrogen) atoms. The number of anilines is 1. The molecule has 0 bridgehead atoms. The fourth-order valence-corrected chi connectivity index (χ4v) is 3.08. The molecular weight excluding hydrogens is 294 g/mol. The minimum absolute atomic E-state index is 0.180. The Kier molecular flexibility index (Phi) is 4.59. The summed E-state index contributed by atoms with van der Waals surface area (Å²) in [5.74, 6) is 0.640. The van der Waals surface area contributed by atoms with E-state index in [0.717, 1.165) is 49.7 Å². The molecule has 2 aromatic heterocycles. The molecule has 124 valence electrons. The van der Waals surface area contributed by atoms with Gasteiger partial charge in [-0.1, -0.05) is 6.92 Å². The van der Waals surface area contributed by atoms with E-state index in [4.69, 9.17) is 5.73 Å². The first-order valence-corrected chi connectivity index (χ1v) is 8.16. The number of carbonyl (C=O) groups excluding carboxylic acids is 1. The van der Waals surface area contributed by atoms with E-state index in [-0.39, 0.29) is 6.04 Å². The van der Waals surface area contributed by atoms with E-state index in [1.807, 2.05) is 10.9 Å². The Labute approximate surface area is 134 Å². The summed E-state index contributed by atoms with van der Waals surface area (Å²) >= 11 is 0. The summed E-state index contributed by atoms with van der Waals surface area (Å²) in [6, 6.07) is 0.0558. The summed E-state index contributed by atoms with van der Waals surface area (Å²) in [6.07, 6.45) is 8.37. The van der Waals surface area contributed by atoms with Crippen LogP contribution in [0.1, 0.15) is 39.0 Å². The van der Waals surface area contributed by atoms with Gasteiger partial charge in [-0.3, -0.25) is 0 Å². The molecule has 0 atom stereocenters. The first-order valence-electron chi connectivity index (χ1n) is 8.16. The molecule has 1 aliphatic carbocycles. The van der Waals surface area contributed by atoms with Gasteiger partial charge in [0.05, 0.1) is 11.6 Å². The summed E-state index contributed by atoms with van der Waals surface area (Å²) in [7, 11) is 0. The normalized spacial score (nSPS) is 21.3. The highest BCUT2D eigenvalue weighted by Gasteiger charge is 2.22. The van der Waals surface area contributed by atoms with Crippen molar-refractivity contribution in [3.8, 4) is 0 Å². The van der Waals surface area contributed by atoms with Gasteiger partial charge in [0.25, 0.3) is 0 Å². The number of amides is 2. The molecule has 8 nitrogen and oxygen atoms in total. The number of hydrogen-bond acceptors (Lipinski definition) is 5. The number of aryl methyl sites for hydroxylation is 1. The van der Waals surface area contributed by atoms with Crippen molar-refractivity contribution in [3.05, 3.63) is 12.4 Å². The van der Waals surface area contributed by atoms with Crippen LogP contribution in [0.2, 0.25) is 0 Å².